The van der Waals surface area contributed by atoms with E-state index in [1.807, 2.05) is 13.0 Å². The molecule has 3 N–H and O–H groups in total. The van der Waals surface area contributed by atoms with Crippen molar-refractivity contribution in [1.29, 1.82) is 0 Å². The average Bonchev–Trinajstić information content (AvgIpc) is 2.82. The number of hydrogen-bond donors (Lipinski definition) is 3. The number of ether oxygens (including phenoxy) is 1. The van der Waals surface area contributed by atoms with E-state index in [1.54, 1.807) is 39.3 Å². The van der Waals surface area contributed by atoms with Crippen molar-refractivity contribution in [2.24, 2.45) is 0 Å². The summed E-state index contributed by atoms with van der Waals surface area (Å²) < 4.78 is 20.9. The molecule has 0 radical (unpaired) electrons. The number of benzene rings is 2. The Morgan fingerprint density at radius 3 is 2.50 bits per heavy atom. The minimum atomic E-state index is -1.38. The Bertz CT molecular complexity index is 1240. The third kappa shape index (κ3) is 5.71. The summed E-state index contributed by atoms with van der Waals surface area (Å²) in [6.45, 7) is 9.01. The second-order valence-electron chi connectivity index (χ2n) is 9.49. The highest BCUT2D eigenvalue weighted by Crippen LogP contribution is 2.37. The van der Waals surface area contributed by atoms with Gasteiger partial charge in [0.1, 0.15) is 17.4 Å². The number of likely N-dealkylation sites (N-methyl/N-ethyl adjacent to an activating group) is 1. The van der Waals surface area contributed by atoms with Gasteiger partial charge in [0.2, 0.25) is 5.95 Å². The average molecular weight is 559 g/mol. The molecule has 36 heavy (non-hydrogen) atoms. The standard InChI is InChI=1S/C26H32BrFN6O2/c1-16-13-21(34-11-9-33(4)10-12-34)22(36-5)14-20(16)31-25-29-15-17(27)24(32-25)30-19-8-6-7-18(28)23(19)26(2,3)35/h6-8,13-15,35H,9-12H2,1-5H3,(H2,29,30,31,32). The number of nitrogens with one attached hydrogen (secondary N) is 2. The summed E-state index contributed by atoms with van der Waals surface area (Å²) in [6, 6.07) is 8.68. The molecule has 0 spiro atoms. The van der Waals surface area contributed by atoms with Crippen molar-refractivity contribution in [1.82, 2.24) is 14.9 Å². The molecular weight excluding hydrogens is 527 g/mol. The SMILES string of the molecule is COc1cc(Nc2ncc(Br)c(Nc3cccc(F)c3C(C)(C)O)n2)c(C)cc1N1CCN(C)CC1. The number of rotatable bonds is 7. The van der Waals surface area contributed by atoms with E-state index in [4.69, 9.17) is 4.74 Å². The molecule has 0 atom stereocenters. The van der Waals surface area contributed by atoms with Crippen LogP contribution in [0.4, 0.5) is 33.2 Å². The lowest BCUT2D eigenvalue weighted by atomic mass is 9.96. The van der Waals surface area contributed by atoms with Crippen molar-refractivity contribution < 1.29 is 14.2 Å². The largest absolute Gasteiger partial charge is 0.495 e. The Balaban J connectivity index is 1.61. The van der Waals surface area contributed by atoms with Crippen molar-refractivity contribution in [3.8, 4) is 5.75 Å². The molecule has 3 aromatic rings. The van der Waals surface area contributed by atoms with Gasteiger partial charge in [-0.25, -0.2) is 9.37 Å². The Hall–Kier alpha value is -2.95. The highest BCUT2D eigenvalue weighted by molar-refractivity contribution is 9.10. The number of hydrogen-bond acceptors (Lipinski definition) is 8. The fourth-order valence-corrected chi connectivity index (χ4v) is 4.57. The van der Waals surface area contributed by atoms with Crippen LogP contribution in [-0.4, -0.2) is 60.3 Å². The maximum atomic E-state index is 14.5. The van der Waals surface area contributed by atoms with E-state index in [2.05, 4.69) is 59.4 Å². The summed E-state index contributed by atoms with van der Waals surface area (Å²) in [5.74, 6) is 1.07. The van der Waals surface area contributed by atoms with Gasteiger partial charge in [0.05, 0.1) is 22.9 Å². The van der Waals surface area contributed by atoms with E-state index < -0.39 is 11.4 Å². The van der Waals surface area contributed by atoms with Crippen LogP contribution in [0.25, 0.3) is 0 Å². The number of halogens is 2. The summed E-state index contributed by atoms with van der Waals surface area (Å²) in [4.78, 5) is 13.6. The molecular formula is C26H32BrFN6O2. The van der Waals surface area contributed by atoms with E-state index in [0.29, 0.717) is 21.9 Å². The van der Waals surface area contributed by atoms with Crippen molar-refractivity contribution in [2.45, 2.75) is 26.4 Å². The minimum absolute atomic E-state index is 0.157. The fraction of sp³-hybridized carbons (Fsp3) is 0.385. The molecule has 1 aliphatic heterocycles. The van der Waals surface area contributed by atoms with Gasteiger partial charge in [-0.15, -0.1) is 0 Å². The second-order valence-corrected chi connectivity index (χ2v) is 10.3. The number of aliphatic hydroxyl groups is 1. The second kappa shape index (κ2) is 10.6. The van der Waals surface area contributed by atoms with E-state index in [0.717, 1.165) is 48.9 Å². The van der Waals surface area contributed by atoms with Gasteiger partial charge in [-0.2, -0.15) is 4.98 Å². The van der Waals surface area contributed by atoms with Crippen molar-refractivity contribution in [3.63, 3.8) is 0 Å². The zero-order chi connectivity index (χ0) is 26.0. The lowest BCUT2D eigenvalue weighted by Crippen LogP contribution is -2.44. The number of nitrogens with zero attached hydrogens (tertiary/aromatic N) is 4. The first-order valence-electron chi connectivity index (χ1n) is 11.8. The lowest BCUT2D eigenvalue weighted by molar-refractivity contribution is 0.0754. The first kappa shape index (κ1) is 26.1. The van der Waals surface area contributed by atoms with E-state index in [-0.39, 0.29) is 5.56 Å². The topological polar surface area (TPSA) is 85.8 Å². The molecule has 0 amide bonds. The molecule has 4 rings (SSSR count). The highest BCUT2D eigenvalue weighted by atomic mass is 79.9. The zero-order valence-corrected chi connectivity index (χ0v) is 22.8. The molecule has 0 aliphatic carbocycles. The smallest absolute Gasteiger partial charge is 0.229 e. The number of methoxy groups -OCH3 is 1. The number of piperazine rings is 1. The van der Waals surface area contributed by atoms with Gasteiger partial charge in [0.15, 0.2) is 0 Å². The van der Waals surface area contributed by atoms with E-state index >= 15 is 0 Å². The predicted molar refractivity (Wildman–Crippen MR) is 145 cm³/mol. The first-order valence-corrected chi connectivity index (χ1v) is 12.6. The van der Waals surface area contributed by atoms with Crippen molar-refractivity contribution >= 4 is 44.8 Å². The van der Waals surface area contributed by atoms with Crippen LogP contribution in [-0.2, 0) is 5.60 Å². The molecule has 0 bridgehead atoms. The van der Waals surface area contributed by atoms with Crippen molar-refractivity contribution in [2.75, 3.05) is 55.9 Å². The fourth-order valence-electron chi connectivity index (χ4n) is 4.28. The maximum Gasteiger partial charge on any atom is 0.229 e. The van der Waals surface area contributed by atoms with Crippen LogP contribution in [0.5, 0.6) is 5.75 Å². The molecule has 1 aromatic heterocycles. The number of aryl methyl sites for hydroxylation is 1. The number of anilines is 5. The lowest BCUT2D eigenvalue weighted by Gasteiger charge is -2.35. The molecule has 1 fully saturated rings. The summed E-state index contributed by atoms with van der Waals surface area (Å²) in [6.07, 6.45) is 1.62. The van der Waals surface area contributed by atoms with Gasteiger partial charge < -0.3 is 30.3 Å². The molecule has 0 saturated carbocycles. The van der Waals surface area contributed by atoms with Crippen LogP contribution < -0.4 is 20.3 Å². The Morgan fingerprint density at radius 1 is 1.11 bits per heavy atom. The third-order valence-electron chi connectivity index (χ3n) is 6.24. The predicted octanol–water partition coefficient (Wildman–Crippen LogP) is 5.16. The molecule has 8 nitrogen and oxygen atoms in total. The van der Waals surface area contributed by atoms with Crippen LogP contribution in [0, 0.1) is 12.7 Å². The Labute approximate surface area is 219 Å². The maximum absolute atomic E-state index is 14.5. The minimum Gasteiger partial charge on any atom is -0.495 e. The van der Waals surface area contributed by atoms with Crippen molar-refractivity contribution in [3.05, 3.63) is 57.9 Å². The molecule has 192 valence electrons. The van der Waals surface area contributed by atoms with Crippen LogP contribution in [0.1, 0.15) is 25.0 Å². The number of aromatic nitrogens is 2. The Kier molecular flexibility index (Phi) is 7.67. The molecule has 0 unspecified atom stereocenters. The molecule has 10 heteroatoms. The molecule has 1 saturated heterocycles. The van der Waals surface area contributed by atoms with Crippen LogP contribution in [0.2, 0.25) is 0 Å². The quantitative estimate of drug-likeness (QED) is 0.366. The summed E-state index contributed by atoms with van der Waals surface area (Å²) in [7, 11) is 3.80. The molecule has 2 aromatic carbocycles. The summed E-state index contributed by atoms with van der Waals surface area (Å²) in [5.41, 5.74) is 2.11. The first-order chi connectivity index (χ1) is 17.1. The summed E-state index contributed by atoms with van der Waals surface area (Å²) >= 11 is 3.46. The molecule has 2 heterocycles. The monoisotopic (exact) mass is 558 g/mol. The van der Waals surface area contributed by atoms with Crippen LogP contribution in [0.3, 0.4) is 0 Å². The highest BCUT2D eigenvalue weighted by Gasteiger charge is 2.25. The van der Waals surface area contributed by atoms with Crippen LogP contribution >= 0.6 is 15.9 Å². The van der Waals surface area contributed by atoms with E-state index in [1.165, 1.54) is 6.07 Å². The third-order valence-corrected chi connectivity index (χ3v) is 6.82. The normalized spacial score (nSPS) is 14.6. The van der Waals surface area contributed by atoms with Crippen LogP contribution in [0.15, 0.2) is 41.0 Å². The van der Waals surface area contributed by atoms with E-state index in [9.17, 15) is 9.50 Å². The van der Waals surface area contributed by atoms with Gasteiger partial charge in [0.25, 0.3) is 0 Å². The van der Waals surface area contributed by atoms with Gasteiger partial charge in [-0.3, -0.25) is 0 Å². The van der Waals surface area contributed by atoms with Gasteiger partial charge in [0, 0.05) is 55.4 Å². The zero-order valence-electron chi connectivity index (χ0n) is 21.2. The van der Waals surface area contributed by atoms with Gasteiger partial charge >= 0.3 is 0 Å². The Morgan fingerprint density at radius 2 is 1.83 bits per heavy atom. The van der Waals surface area contributed by atoms with Gasteiger partial charge in [-0.05, 0) is 67.5 Å². The molecule has 1 aliphatic rings. The van der Waals surface area contributed by atoms with Gasteiger partial charge in [-0.1, -0.05) is 6.07 Å². The summed E-state index contributed by atoms with van der Waals surface area (Å²) in [5, 5.41) is 16.9.